The van der Waals surface area contributed by atoms with Gasteiger partial charge in [-0.25, -0.2) is 0 Å². The van der Waals surface area contributed by atoms with Crippen LogP contribution < -0.4 is 0 Å². The number of rotatable bonds is 8. The molecule has 0 aliphatic carbocycles. The number of hydrogen-bond donors (Lipinski definition) is 0. The van der Waals surface area contributed by atoms with E-state index >= 15 is 0 Å². The summed E-state index contributed by atoms with van der Waals surface area (Å²) in [5.74, 6) is 0.709. The Labute approximate surface area is 106 Å². The highest BCUT2D eigenvalue weighted by atomic mass is 16.5. The summed E-state index contributed by atoms with van der Waals surface area (Å²) in [5.41, 5.74) is 1.25. The molecule has 94 valence electrons. The van der Waals surface area contributed by atoms with Gasteiger partial charge in [-0.15, -0.1) is 0 Å². The Morgan fingerprint density at radius 3 is 2.71 bits per heavy atom. The molecule has 0 aliphatic rings. The van der Waals surface area contributed by atoms with Crippen molar-refractivity contribution in [1.29, 1.82) is 0 Å². The van der Waals surface area contributed by atoms with Gasteiger partial charge in [-0.2, -0.15) is 0 Å². The fourth-order valence-corrected chi connectivity index (χ4v) is 1.53. The minimum Gasteiger partial charge on any atom is -0.377 e. The third kappa shape index (κ3) is 6.96. The first-order chi connectivity index (χ1) is 8.33. The first-order valence-corrected chi connectivity index (χ1v) is 6.61. The Kier molecular flexibility index (Phi) is 7.40. The molecule has 0 heterocycles. The van der Waals surface area contributed by atoms with Gasteiger partial charge in [0, 0.05) is 6.61 Å². The zero-order valence-electron chi connectivity index (χ0n) is 11.1. The summed E-state index contributed by atoms with van der Waals surface area (Å²) in [6.45, 7) is 6.05. The molecule has 1 heteroatoms. The van der Waals surface area contributed by atoms with Crippen molar-refractivity contribution >= 4 is 0 Å². The van der Waals surface area contributed by atoms with Crippen molar-refractivity contribution in [2.24, 2.45) is 5.92 Å². The number of hydrogen-bond acceptors (Lipinski definition) is 1. The molecule has 1 aromatic carbocycles. The fourth-order valence-electron chi connectivity index (χ4n) is 1.53. The van der Waals surface area contributed by atoms with E-state index in [1.165, 1.54) is 12.0 Å². The lowest BCUT2D eigenvalue weighted by molar-refractivity contribution is 0.119. The Hall–Kier alpha value is -1.08. The van der Waals surface area contributed by atoms with E-state index in [4.69, 9.17) is 4.74 Å². The van der Waals surface area contributed by atoms with Crippen molar-refractivity contribution in [3.8, 4) is 0 Å². The summed E-state index contributed by atoms with van der Waals surface area (Å²) in [7, 11) is 0. The lowest BCUT2D eigenvalue weighted by atomic mass is 10.1. The highest BCUT2D eigenvalue weighted by Gasteiger charge is 1.92. The van der Waals surface area contributed by atoms with Crippen molar-refractivity contribution in [2.75, 3.05) is 6.61 Å². The molecule has 0 saturated carbocycles. The van der Waals surface area contributed by atoms with Gasteiger partial charge in [0.2, 0.25) is 0 Å². The Balaban J connectivity index is 2.00. The second kappa shape index (κ2) is 9.00. The van der Waals surface area contributed by atoms with Crippen LogP contribution in [-0.2, 0) is 11.3 Å². The van der Waals surface area contributed by atoms with E-state index in [-0.39, 0.29) is 0 Å². The van der Waals surface area contributed by atoms with Crippen LogP contribution in [0.25, 0.3) is 0 Å². The smallest absolute Gasteiger partial charge is 0.0716 e. The van der Waals surface area contributed by atoms with Crippen LogP contribution in [0.3, 0.4) is 0 Å². The molecule has 1 rings (SSSR count). The van der Waals surface area contributed by atoms with Gasteiger partial charge in [-0.1, -0.05) is 62.8 Å². The highest BCUT2D eigenvalue weighted by Crippen LogP contribution is 2.05. The molecule has 1 nitrogen and oxygen atoms in total. The van der Waals surface area contributed by atoms with Crippen LogP contribution in [0.2, 0.25) is 0 Å². The molecule has 0 unspecified atom stereocenters. The SMILES string of the molecule is CC[C@H](C)/C=C/CCCOCc1ccccc1. The van der Waals surface area contributed by atoms with E-state index in [1.807, 2.05) is 18.2 Å². The van der Waals surface area contributed by atoms with Gasteiger partial charge in [-0.05, 0) is 24.3 Å². The number of unbranched alkanes of at least 4 members (excludes halogenated alkanes) is 1. The van der Waals surface area contributed by atoms with Gasteiger partial charge in [-0.3, -0.25) is 0 Å². The van der Waals surface area contributed by atoms with E-state index in [0.29, 0.717) is 5.92 Å². The standard InChI is InChI=1S/C16H24O/c1-3-15(2)10-6-5-9-13-17-14-16-11-7-4-8-12-16/h4,6-8,10-12,15H,3,5,9,13-14H2,1-2H3/b10-6+/t15-/m0/s1. The summed E-state index contributed by atoms with van der Waals surface area (Å²) >= 11 is 0. The maximum atomic E-state index is 5.62. The predicted molar refractivity (Wildman–Crippen MR) is 73.9 cm³/mol. The maximum Gasteiger partial charge on any atom is 0.0716 e. The van der Waals surface area contributed by atoms with E-state index in [1.54, 1.807) is 0 Å². The van der Waals surface area contributed by atoms with E-state index in [2.05, 4.69) is 38.1 Å². The van der Waals surface area contributed by atoms with Gasteiger partial charge in [0.05, 0.1) is 6.61 Å². The van der Waals surface area contributed by atoms with Crippen LogP contribution in [-0.4, -0.2) is 6.61 Å². The van der Waals surface area contributed by atoms with Gasteiger partial charge < -0.3 is 4.74 Å². The zero-order valence-corrected chi connectivity index (χ0v) is 11.1. The van der Waals surface area contributed by atoms with E-state index in [9.17, 15) is 0 Å². The van der Waals surface area contributed by atoms with Gasteiger partial charge in [0.1, 0.15) is 0 Å². The van der Waals surface area contributed by atoms with Crippen molar-refractivity contribution in [3.63, 3.8) is 0 Å². The lowest BCUT2D eigenvalue weighted by Crippen LogP contribution is -1.94. The Morgan fingerprint density at radius 2 is 2.00 bits per heavy atom. The summed E-state index contributed by atoms with van der Waals surface area (Å²) in [5, 5.41) is 0. The summed E-state index contributed by atoms with van der Waals surface area (Å²) in [4.78, 5) is 0. The van der Waals surface area contributed by atoms with E-state index in [0.717, 1.165) is 26.1 Å². The monoisotopic (exact) mass is 232 g/mol. The van der Waals surface area contributed by atoms with Crippen LogP contribution in [0.15, 0.2) is 42.5 Å². The molecule has 1 aromatic rings. The van der Waals surface area contributed by atoms with Crippen molar-refractivity contribution in [1.82, 2.24) is 0 Å². The summed E-state index contributed by atoms with van der Waals surface area (Å²) in [6.07, 6.45) is 8.04. The second-order valence-corrected chi connectivity index (χ2v) is 4.49. The Morgan fingerprint density at radius 1 is 1.24 bits per heavy atom. The quantitative estimate of drug-likeness (QED) is 0.470. The molecular weight excluding hydrogens is 208 g/mol. The number of ether oxygens (including phenoxy) is 1. The van der Waals surface area contributed by atoms with Crippen molar-refractivity contribution in [2.45, 2.75) is 39.7 Å². The minimum absolute atomic E-state index is 0.709. The molecular formula is C16H24O. The molecule has 0 saturated heterocycles. The topological polar surface area (TPSA) is 9.23 Å². The average Bonchev–Trinajstić information content (AvgIpc) is 2.38. The van der Waals surface area contributed by atoms with Gasteiger partial charge >= 0.3 is 0 Å². The van der Waals surface area contributed by atoms with Crippen LogP contribution in [0.5, 0.6) is 0 Å². The fraction of sp³-hybridized carbons (Fsp3) is 0.500. The number of allylic oxidation sites excluding steroid dienone is 2. The zero-order chi connectivity index (χ0) is 12.3. The van der Waals surface area contributed by atoms with Crippen LogP contribution in [0, 0.1) is 5.92 Å². The largest absolute Gasteiger partial charge is 0.377 e. The number of benzene rings is 1. The first-order valence-electron chi connectivity index (χ1n) is 6.61. The van der Waals surface area contributed by atoms with Crippen molar-refractivity contribution < 1.29 is 4.74 Å². The lowest BCUT2D eigenvalue weighted by Gasteiger charge is -2.03. The molecule has 17 heavy (non-hydrogen) atoms. The predicted octanol–water partition coefficient (Wildman–Crippen LogP) is 4.59. The van der Waals surface area contributed by atoms with Crippen LogP contribution >= 0.6 is 0 Å². The average molecular weight is 232 g/mol. The summed E-state index contributed by atoms with van der Waals surface area (Å²) < 4.78 is 5.62. The molecule has 0 fully saturated rings. The van der Waals surface area contributed by atoms with Crippen LogP contribution in [0.1, 0.15) is 38.7 Å². The van der Waals surface area contributed by atoms with Crippen LogP contribution in [0.4, 0.5) is 0 Å². The normalized spacial score (nSPS) is 13.1. The second-order valence-electron chi connectivity index (χ2n) is 4.49. The van der Waals surface area contributed by atoms with E-state index < -0.39 is 0 Å². The molecule has 0 aliphatic heterocycles. The maximum absolute atomic E-state index is 5.62. The van der Waals surface area contributed by atoms with Crippen molar-refractivity contribution in [3.05, 3.63) is 48.0 Å². The minimum atomic E-state index is 0.709. The molecule has 0 aromatic heterocycles. The highest BCUT2D eigenvalue weighted by molar-refractivity contribution is 5.13. The molecule has 1 atom stereocenters. The third-order valence-corrected chi connectivity index (χ3v) is 2.88. The van der Waals surface area contributed by atoms with Gasteiger partial charge in [0.25, 0.3) is 0 Å². The molecule has 0 radical (unpaired) electrons. The first kappa shape index (κ1) is 14.0. The third-order valence-electron chi connectivity index (χ3n) is 2.88. The Bertz CT molecular complexity index is 303. The summed E-state index contributed by atoms with van der Waals surface area (Å²) in [6, 6.07) is 10.3. The van der Waals surface area contributed by atoms with Gasteiger partial charge in [0.15, 0.2) is 0 Å². The molecule has 0 spiro atoms. The molecule has 0 N–H and O–H groups in total. The molecule has 0 bridgehead atoms. The molecule has 0 amide bonds.